The number of hydrogen-bond donors (Lipinski definition) is 1. The van der Waals surface area contributed by atoms with Crippen molar-refractivity contribution in [3.05, 3.63) is 28.8 Å². The lowest BCUT2D eigenvalue weighted by Gasteiger charge is -2.28. The molecule has 22 heavy (non-hydrogen) atoms. The van der Waals surface area contributed by atoms with E-state index in [1.54, 1.807) is 26.0 Å². The number of aliphatic hydroxyl groups excluding tert-OH is 1. The van der Waals surface area contributed by atoms with Crippen LogP contribution >= 0.6 is 11.6 Å². The van der Waals surface area contributed by atoms with Gasteiger partial charge in [0.05, 0.1) is 28.5 Å². The Morgan fingerprint density at radius 2 is 2.00 bits per heavy atom. The molecule has 9 heteroatoms. The summed E-state index contributed by atoms with van der Waals surface area (Å²) in [5, 5.41) is 10.2. The lowest BCUT2D eigenvalue weighted by atomic mass is 10.2. The van der Waals surface area contributed by atoms with Gasteiger partial charge in [-0.15, -0.1) is 0 Å². The quantitative estimate of drug-likeness (QED) is 0.850. The number of rotatable bonds is 4. The molecule has 1 aliphatic rings. The van der Waals surface area contributed by atoms with E-state index in [0.29, 0.717) is 5.56 Å². The van der Waals surface area contributed by atoms with Gasteiger partial charge in [0, 0.05) is 11.6 Å². The summed E-state index contributed by atoms with van der Waals surface area (Å²) in [6, 6.07) is 3.54. The standard InChI is InChI=1S/C13H18ClNO5S2/c1-3-15(11-7-21(17,18)8-12(11)16)22(19,20)13-6-10(14)5-4-9(13)2/h4-6,11-12,16H,3,7-8H2,1-2H3/t11-,12-/m1/s1. The molecular weight excluding hydrogens is 350 g/mol. The predicted molar refractivity (Wildman–Crippen MR) is 84.2 cm³/mol. The summed E-state index contributed by atoms with van der Waals surface area (Å²) in [5.74, 6) is -0.793. The maximum atomic E-state index is 12.8. The molecule has 0 radical (unpaired) electrons. The van der Waals surface area contributed by atoms with Crippen molar-refractivity contribution in [1.29, 1.82) is 0 Å². The Morgan fingerprint density at radius 1 is 1.36 bits per heavy atom. The van der Waals surface area contributed by atoms with E-state index in [2.05, 4.69) is 0 Å². The topological polar surface area (TPSA) is 91.8 Å². The number of halogens is 1. The van der Waals surface area contributed by atoms with Gasteiger partial charge in [-0.3, -0.25) is 0 Å². The van der Waals surface area contributed by atoms with Gasteiger partial charge >= 0.3 is 0 Å². The summed E-state index contributed by atoms with van der Waals surface area (Å²) in [7, 11) is -7.39. The number of hydrogen-bond acceptors (Lipinski definition) is 5. The molecule has 1 aliphatic heterocycles. The zero-order valence-corrected chi connectivity index (χ0v) is 14.6. The molecule has 0 aromatic heterocycles. The van der Waals surface area contributed by atoms with Crippen molar-refractivity contribution >= 4 is 31.5 Å². The maximum absolute atomic E-state index is 12.8. The number of nitrogens with zero attached hydrogens (tertiary/aromatic N) is 1. The molecular formula is C13H18ClNO5S2. The lowest BCUT2D eigenvalue weighted by molar-refractivity contribution is 0.130. The van der Waals surface area contributed by atoms with E-state index in [0.717, 1.165) is 4.31 Å². The Morgan fingerprint density at radius 3 is 2.50 bits per heavy atom. The first-order chi connectivity index (χ1) is 10.1. The van der Waals surface area contributed by atoms with Crippen LogP contribution in [0.25, 0.3) is 0 Å². The summed E-state index contributed by atoms with van der Waals surface area (Å²) in [6.45, 7) is 3.31. The summed E-state index contributed by atoms with van der Waals surface area (Å²) < 4.78 is 50.0. The van der Waals surface area contributed by atoms with Gasteiger partial charge in [0.1, 0.15) is 0 Å². The number of likely N-dealkylation sites (N-methyl/N-ethyl adjacent to an activating group) is 1. The van der Waals surface area contributed by atoms with Crippen LogP contribution in [0, 0.1) is 6.92 Å². The molecule has 1 aromatic carbocycles. The normalized spacial score (nSPS) is 24.8. The van der Waals surface area contributed by atoms with Gasteiger partial charge in [-0.05, 0) is 24.6 Å². The fourth-order valence-corrected chi connectivity index (χ4v) is 6.69. The molecule has 0 unspecified atom stereocenters. The number of aliphatic hydroxyl groups is 1. The van der Waals surface area contributed by atoms with Gasteiger partial charge in [0.15, 0.2) is 9.84 Å². The molecule has 0 spiro atoms. The SMILES string of the molecule is CCN([C@@H]1CS(=O)(=O)C[C@H]1O)S(=O)(=O)c1cc(Cl)ccc1C. The smallest absolute Gasteiger partial charge is 0.243 e. The summed E-state index contributed by atoms with van der Waals surface area (Å²) in [4.78, 5) is 0.0262. The minimum Gasteiger partial charge on any atom is -0.390 e. The molecule has 0 saturated carbocycles. The molecule has 124 valence electrons. The van der Waals surface area contributed by atoms with Crippen molar-refractivity contribution in [3.63, 3.8) is 0 Å². The average Bonchev–Trinajstić information content (AvgIpc) is 2.66. The van der Waals surface area contributed by atoms with Crippen LogP contribution in [0.3, 0.4) is 0 Å². The maximum Gasteiger partial charge on any atom is 0.243 e. The van der Waals surface area contributed by atoms with Crippen LogP contribution in [0.2, 0.25) is 5.02 Å². The fourth-order valence-electron chi connectivity index (χ4n) is 2.65. The van der Waals surface area contributed by atoms with Crippen molar-refractivity contribution < 1.29 is 21.9 Å². The summed E-state index contributed by atoms with van der Waals surface area (Å²) >= 11 is 5.88. The molecule has 1 aromatic rings. The van der Waals surface area contributed by atoms with E-state index >= 15 is 0 Å². The van der Waals surface area contributed by atoms with Gasteiger partial charge in [0.2, 0.25) is 10.0 Å². The van der Waals surface area contributed by atoms with Crippen LogP contribution in [0.5, 0.6) is 0 Å². The zero-order chi connectivity index (χ0) is 16.7. The highest BCUT2D eigenvalue weighted by Crippen LogP contribution is 2.28. The highest BCUT2D eigenvalue weighted by atomic mass is 35.5. The Labute approximate surface area is 135 Å². The van der Waals surface area contributed by atoms with E-state index in [1.807, 2.05) is 0 Å². The average molecular weight is 368 g/mol. The molecule has 2 rings (SSSR count). The van der Waals surface area contributed by atoms with Crippen LogP contribution in [0.15, 0.2) is 23.1 Å². The van der Waals surface area contributed by atoms with Crippen molar-refractivity contribution in [2.75, 3.05) is 18.1 Å². The van der Waals surface area contributed by atoms with Crippen LogP contribution in [-0.4, -0.2) is 56.4 Å². The van der Waals surface area contributed by atoms with Crippen molar-refractivity contribution in [2.24, 2.45) is 0 Å². The third kappa shape index (κ3) is 3.30. The second-order valence-electron chi connectivity index (χ2n) is 5.33. The molecule has 0 amide bonds. The Bertz CT molecular complexity index is 776. The van der Waals surface area contributed by atoms with E-state index < -0.39 is 37.8 Å². The molecule has 2 atom stereocenters. The fraction of sp³-hybridized carbons (Fsp3) is 0.538. The van der Waals surface area contributed by atoms with Crippen molar-refractivity contribution in [1.82, 2.24) is 4.31 Å². The molecule has 0 aliphatic carbocycles. The van der Waals surface area contributed by atoms with Gasteiger partial charge < -0.3 is 5.11 Å². The first-order valence-electron chi connectivity index (χ1n) is 6.75. The Hall–Kier alpha value is -0.670. The molecule has 1 saturated heterocycles. The van der Waals surface area contributed by atoms with Crippen LogP contribution in [-0.2, 0) is 19.9 Å². The minimum atomic E-state index is -3.95. The lowest BCUT2D eigenvalue weighted by Crippen LogP contribution is -2.46. The second kappa shape index (κ2) is 6.09. The number of benzene rings is 1. The van der Waals surface area contributed by atoms with Crippen LogP contribution in [0.1, 0.15) is 12.5 Å². The number of sulfone groups is 1. The first-order valence-corrected chi connectivity index (χ1v) is 10.4. The molecule has 0 bridgehead atoms. The molecule has 1 heterocycles. The van der Waals surface area contributed by atoms with E-state index in [1.165, 1.54) is 6.07 Å². The van der Waals surface area contributed by atoms with Gasteiger partial charge in [-0.25, -0.2) is 16.8 Å². The minimum absolute atomic E-state index is 0.0262. The number of sulfonamides is 1. The largest absolute Gasteiger partial charge is 0.390 e. The van der Waals surface area contributed by atoms with Crippen molar-refractivity contribution in [2.45, 2.75) is 30.9 Å². The monoisotopic (exact) mass is 367 g/mol. The highest BCUT2D eigenvalue weighted by Gasteiger charge is 2.44. The Balaban J connectivity index is 2.48. The molecule has 1 N–H and O–H groups in total. The van der Waals surface area contributed by atoms with Crippen LogP contribution in [0.4, 0.5) is 0 Å². The zero-order valence-electron chi connectivity index (χ0n) is 12.2. The van der Waals surface area contributed by atoms with Gasteiger partial charge in [-0.1, -0.05) is 24.6 Å². The third-order valence-electron chi connectivity index (χ3n) is 3.71. The van der Waals surface area contributed by atoms with Gasteiger partial charge in [-0.2, -0.15) is 4.31 Å². The molecule has 1 fully saturated rings. The summed E-state index contributed by atoms with van der Waals surface area (Å²) in [5.41, 5.74) is 0.512. The van der Waals surface area contributed by atoms with E-state index in [9.17, 15) is 21.9 Å². The second-order valence-corrected chi connectivity index (χ2v) is 9.78. The van der Waals surface area contributed by atoms with E-state index in [4.69, 9.17) is 11.6 Å². The first kappa shape index (κ1) is 17.7. The summed E-state index contributed by atoms with van der Waals surface area (Å²) in [6.07, 6.45) is -1.22. The highest BCUT2D eigenvalue weighted by molar-refractivity contribution is 7.92. The molecule has 6 nitrogen and oxygen atoms in total. The third-order valence-corrected chi connectivity index (χ3v) is 7.79. The van der Waals surface area contributed by atoms with Gasteiger partial charge in [0.25, 0.3) is 0 Å². The number of aryl methyl sites for hydroxylation is 1. The van der Waals surface area contributed by atoms with Crippen LogP contribution < -0.4 is 0 Å². The van der Waals surface area contributed by atoms with Crippen molar-refractivity contribution in [3.8, 4) is 0 Å². The van der Waals surface area contributed by atoms with E-state index in [-0.39, 0.29) is 22.2 Å². The Kier molecular flexibility index (Phi) is 4.89. The predicted octanol–water partition coefficient (Wildman–Crippen LogP) is 0.817.